The number of hydrogen-bond donors (Lipinski definition) is 0. The van der Waals surface area contributed by atoms with Crippen molar-refractivity contribution in [3.05, 3.63) is 0 Å². The van der Waals surface area contributed by atoms with E-state index < -0.39 is 6.23 Å². The minimum Gasteiger partial charge on any atom is -0.282 e. The second kappa shape index (κ2) is 5.69. The SMILES string of the molecule is CCCCCC([O])N(C)C. The van der Waals surface area contributed by atoms with E-state index in [-0.39, 0.29) is 0 Å². The van der Waals surface area contributed by atoms with Crippen LogP contribution in [0.4, 0.5) is 0 Å². The molecule has 2 nitrogen and oxygen atoms in total. The van der Waals surface area contributed by atoms with Gasteiger partial charge in [-0.15, -0.1) is 0 Å². The number of rotatable bonds is 5. The third-order valence-corrected chi connectivity index (χ3v) is 1.63. The molecule has 0 fully saturated rings. The molecule has 0 amide bonds. The largest absolute Gasteiger partial charge is 0.282 e. The highest BCUT2D eigenvalue weighted by atomic mass is 16.3. The summed E-state index contributed by atoms with van der Waals surface area (Å²) in [5.74, 6) is 0. The zero-order chi connectivity index (χ0) is 7.98. The van der Waals surface area contributed by atoms with E-state index in [1.165, 1.54) is 12.8 Å². The lowest BCUT2D eigenvalue weighted by molar-refractivity contribution is -0.0275. The summed E-state index contributed by atoms with van der Waals surface area (Å²) in [5, 5.41) is 11.0. The Balaban J connectivity index is 3.13. The molecule has 0 aromatic heterocycles. The van der Waals surface area contributed by atoms with E-state index in [1.807, 2.05) is 14.1 Å². The first-order valence-electron chi connectivity index (χ1n) is 4.00. The molecular formula is C8H18NO. The molecular weight excluding hydrogens is 126 g/mol. The van der Waals surface area contributed by atoms with Crippen LogP contribution >= 0.6 is 0 Å². The molecule has 10 heavy (non-hydrogen) atoms. The van der Waals surface area contributed by atoms with E-state index >= 15 is 0 Å². The Kier molecular flexibility index (Phi) is 5.64. The molecule has 0 saturated carbocycles. The zero-order valence-corrected chi connectivity index (χ0v) is 7.26. The van der Waals surface area contributed by atoms with Crippen molar-refractivity contribution >= 4 is 0 Å². The molecule has 2 heteroatoms. The molecule has 0 aliphatic heterocycles. The lowest BCUT2D eigenvalue weighted by Gasteiger charge is -2.15. The third-order valence-electron chi connectivity index (χ3n) is 1.63. The summed E-state index contributed by atoms with van der Waals surface area (Å²) in [6.45, 7) is 2.15. The summed E-state index contributed by atoms with van der Waals surface area (Å²) < 4.78 is 0. The number of hydrogen-bond acceptors (Lipinski definition) is 1. The van der Waals surface area contributed by atoms with Crippen LogP contribution < -0.4 is 0 Å². The van der Waals surface area contributed by atoms with Crippen LogP contribution in [0.3, 0.4) is 0 Å². The van der Waals surface area contributed by atoms with Crippen molar-refractivity contribution in [2.45, 2.75) is 38.8 Å². The number of unbranched alkanes of at least 4 members (excludes halogenated alkanes) is 2. The molecule has 61 valence electrons. The van der Waals surface area contributed by atoms with Gasteiger partial charge in [0.15, 0.2) is 0 Å². The van der Waals surface area contributed by atoms with Gasteiger partial charge in [0, 0.05) is 0 Å². The third kappa shape index (κ3) is 4.77. The molecule has 0 rings (SSSR count). The van der Waals surface area contributed by atoms with Crippen molar-refractivity contribution < 1.29 is 5.11 Å². The van der Waals surface area contributed by atoms with Gasteiger partial charge >= 0.3 is 0 Å². The first kappa shape index (κ1) is 9.92. The van der Waals surface area contributed by atoms with Crippen LogP contribution in [-0.4, -0.2) is 25.2 Å². The second-order valence-electron chi connectivity index (χ2n) is 2.91. The van der Waals surface area contributed by atoms with Crippen molar-refractivity contribution in [1.29, 1.82) is 0 Å². The van der Waals surface area contributed by atoms with Crippen LogP contribution in [0.25, 0.3) is 0 Å². The molecule has 0 aromatic rings. The Bertz CT molecular complexity index is 73.7. The van der Waals surface area contributed by atoms with Crippen molar-refractivity contribution in [2.24, 2.45) is 0 Å². The van der Waals surface area contributed by atoms with Crippen LogP contribution in [0.15, 0.2) is 0 Å². The summed E-state index contributed by atoms with van der Waals surface area (Å²) >= 11 is 0. The smallest absolute Gasteiger partial charge is 0.145 e. The Morgan fingerprint density at radius 2 is 1.90 bits per heavy atom. The maximum Gasteiger partial charge on any atom is 0.145 e. The molecule has 1 radical (unpaired) electrons. The molecule has 0 aromatic carbocycles. The molecule has 0 spiro atoms. The van der Waals surface area contributed by atoms with Crippen LogP contribution in [-0.2, 0) is 5.11 Å². The highest BCUT2D eigenvalue weighted by molar-refractivity contribution is 4.50. The molecule has 0 heterocycles. The van der Waals surface area contributed by atoms with E-state index in [4.69, 9.17) is 0 Å². The first-order valence-corrected chi connectivity index (χ1v) is 4.00. The van der Waals surface area contributed by atoms with Gasteiger partial charge in [-0.05, 0) is 26.9 Å². The van der Waals surface area contributed by atoms with Crippen LogP contribution in [0.5, 0.6) is 0 Å². The lowest BCUT2D eigenvalue weighted by Crippen LogP contribution is -2.25. The summed E-state index contributed by atoms with van der Waals surface area (Å²) in [4.78, 5) is 1.73. The van der Waals surface area contributed by atoms with Gasteiger partial charge < -0.3 is 0 Å². The fraction of sp³-hybridized carbons (Fsp3) is 1.00. The molecule has 0 aliphatic carbocycles. The van der Waals surface area contributed by atoms with Crippen LogP contribution in [0, 0.1) is 0 Å². The maximum absolute atomic E-state index is 11.0. The van der Waals surface area contributed by atoms with Gasteiger partial charge in [-0.2, -0.15) is 0 Å². The minimum atomic E-state index is -0.494. The Labute approximate surface area is 63.8 Å². The average Bonchev–Trinajstić information content (AvgIpc) is 1.88. The van der Waals surface area contributed by atoms with E-state index in [9.17, 15) is 5.11 Å². The molecule has 0 aliphatic rings. The molecule has 0 saturated heterocycles. The van der Waals surface area contributed by atoms with E-state index in [1.54, 1.807) is 4.90 Å². The van der Waals surface area contributed by atoms with E-state index in [2.05, 4.69) is 6.92 Å². The summed E-state index contributed by atoms with van der Waals surface area (Å²) in [6, 6.07) is 0. The quantitative estimate of drug-likeness (QED) is 0.427. The van der Waals surface area contributed by atoms with Gasteiger partial charge in [-0.1, -0.05) is 19.8 Å². The molecule has 0 bridgehead atoms. The highest BCUT2D eigenvalue weighted by Crippen LogP contribution is 2.04. The van der Waals surface area contributed by atoms with Gasteiger partial charge in [0.2, 0.25) is 0 Å². The summed E-state index contributed by atoms with van der Waals surface area (Å²) in [5.41, 5.74) is 0. The van der Waals surface area contributed by atoms with Gasteiger partial charge in [0.05, 0.1) is 0 Å². The standard InChI is InChI=1S/C8H18NO/c1-4-5-6-7-8(10)9(2)3/h8H,4-7H2,1-3H3. The van der Waals surface area contributed by atoms with Crippen LogP contribution in [0.2, 0.25) is 0 Å². The predicted octanol–water partition coefficient (Wildman–Crippen LogP) is 1.88. The van der Waals surface area contributed by atoms with Gasteiger partial charge in [-0.25, -0.2) is 5.11 Å². The highest BCUT2D eigenvalue weighted by Gasteiger charge is 2.06. The molecule has 1 unspecified atom stereocenters. The van der Waals surface area contributed by atoms with E-state index in [0.717, 1.165) is 12.8 Å². The number of nitrogens with zero attached hydrogens (tertiary/aromatic N) is 1. The van der Waals surface area contributed by atoms with Gasteiger partial charge in [0.1, 0.15) is 6.23 Å². The minimum absolute atomic E-state index is 0.494. The fourth-order valence-corrected chi connectivity index (χ4v) is 0.827. The zero-order valence-electron chi connectivity index (χ0n) is 7.26. The Hall–Kier alpha value is -0.0800. The summed E-state index contributed by atoms with van der Waals surface area (Å²) in [6.07, 6.45) is 3.75. The predicted molar refractivity (Wildman–Crippen MR) is 42.3 cm³/mol. The van der Waals surface area contributed by atoms with Crippen molar-refractivity contribution in [3.63, 3.8) is 0 Å². The normalized spacial score (nSPS) is 14.1. The van der Waals surface area contributed by atoms with Crippen molar-refractivity contribution in [2.75, 3.05) is 14.1 Å². The monoisotopic (exact) mass is 144 g/mol. The molecule has 0 N–H and O–H groups in total. The molecule has 1 atom stereocenters. The summed E-state index contributed by atoms with van der Waals surface area (Å²) in [7, 11) is 3.67. The second-order valence-corrected chi connectivity index (χ2v) is 2.91. The average molecular weight is 144 g/mol. The first-order chi connectivity index (χ1) is 4.68. The van der Waals surface area contributed by atoms with Crippen molar-refractivity contribution in [1.82, 2.24) is 4.90 Å². The van der Waals surface area contributed by atoms with Crippen LogP contribution in [0.1, 0.15) is 32.6 Å². The Morgan fingerprint density at radius 3 is 2.30 bits per heavy atom. The maximum atomic E-state index is 11.0. The van der Waals surface area contributed by atoms with Crippen molar-refractivity contribution in [3.8, 4) is 0 Å². The lowest BCUT2D eigenvalue weighted by atomic mass is 10.2. The van der Waals surface area contributed by atoms with E-state index in [0.29, 0.717) is 0 Å². The van der Waals surface area contributed by atoms with Gasteiger partial charge in [-0.3, -0.25) is 4.90 Å². The van der Waals surface area contributed by atoms with Gasteiger partial charge in [0.25, 0.3) is 0 Å². The Morgan fingerprint density at radius 1 is 1.30 bits per heavy atom. The fourth-order valence-electron chi connectivity index (χ4n) is 0.827. The topological polar surface area (TPSA) is 23.1 Å².